The predicted octanol–water partition coefficient (Wildman–Crippen LogP) is 4.37. The zero-order valence-electron chi connectivity index (χ0n) is 14.8. The van der Waals surface area contributed by atoms with E-state index < -0.39 is 5.41 Å². The number of rotatable bonds is 4. The lowest BCUT2D eigenvalue weighted by atomic mass is 9.72. The number of imidazole rings is 1. The molecular weight excluding hydrogens is 310 g/mol. The van der Waals surface area contributed by atoms with Gasteiger partial charge in [0.25, 0.3) is 0 Å². The molecule has 3 aromatic rings. The van der Waals surface area contributed by atoms with E-state index in [0.29, 0.717) is 12.8 Å². The lowest BCUT2D eigenvalue weighted by Gasteiger charge is -2.36. The molecule has 1 unspecified atom stereocenters. The van der Waals surface area contributed by atoms with E-state index in [-0.39, 0.29) is 5.91 Å². The molecule has 4 rings (SSSR count). The molecule has 25 heavy (non-hydrogen) atoms. The number of benzene rings is 1. The molecule has 0 saturated carbocycles. The lowest BCUT2D eigenvalue weighted by molar-refractivity contribution is 0.0648. The van der Waals surface area contributed by atoms with Gasteiger partial charge in [-0.2, -0.15) is 0 Å². The summed E-state index contributed by atoms with van der Waals surface area (Å²) >= 11 is 0. The van der Waals surface area contributed by atoms with Crippen LogP contribution in [0.5, 0.6) is 0 Å². The number of hydrogen-bond donors (Lipinski definition) is 1. The fourth-order valence-electron chi connectivity index (χ4n) is 4.28. The third kappa shape index (κ3) is 2.28. The van der Waals surface area contributed by atoms with Gasteiger partial charge in [-0.25, -0.2) is 4.98 Å². The number of carbonyl (C=O) groups is 1. The van der Waals surface area contributed by atoms with Gasteiger partial charge in [0, 0.05) is 23.2 Å². The van der Waals surface area contributed by atoms with Crippen molar-refractivity contribution < 1.29 is 4.79 Å². The number of H-pyrrole nitrogens is 1. The van der Waals surface area contributed by atoms with Crippen LogP contribution >= 0.6 is 0 Å². The monoisotopic (exact) mass is 333 g/mol. The number of para-hydroxylation sites is 1. The Morgan fingerprint density at radius 1 is 1.36 bits per heavy atom. The van der Waals surface area contributed by atoms with Crippen LogP contribution in [0.3, 0.4) is 0 Å². The molecule has 1 N–H and O–H groups in total. The van der Waals surface area contributed by atoms with Crippen LogP contribution < -0.4 is 0 Å². The van der Waals surface area contributed by atoms with Gasteiger partial charge in [-0.3, -0.25) is 9.36 Å². The second-order valence-electron chi connectivity index (χ2n) is 7.15. The Bertz CT molecular complexity index is 978. The van der Waals surface area contributed by atoms with Gasteiger partial charge < -0.3 is 4.98 Å². The topological polar surface area (TPSA) is 50.7 Å². The molecule has 4 heteroatoms. The van der Waals surface area contributed by atoms with Gasteiger partial charge in [-0.15, -0.1) is 6.58 Å². The first-order chi connectivity index (χ1) is 12.1. The highest BCUT2D eigenvalue weighted by atomic mass is 16.2. The SMILES string of the molecule is C=CCC1(Cc2nc[nH]c2C)CCc2c(C)c3ccccc3n2C1=O. The van der Waals surface area contributed by atoms with Crippen LogP contribution in [0, 0.1) is 19.3 Å². The molecule has 0 spiro atoms. The average Bonchev–Trinajstić information content (AvgIpc) is 3.14. The van der Waals surface area contributed by atoms with Crippen LogP contribution in [0.15, 0.2) is 43.2 Å². The summed E-state index contributed by atoms with van der Waals surface area (Å²) in [6.07, 6.45) is 6.65. The lowest BCUT2D eigenvalue weighted by Crippen LogP contribution is -2.42. The van der Waals surface area contributed by atoms with E-state index in [0.717, 1.165) is 35.4 Å². The van der Waals surface area contributed by atoms with Gasteiger partial charge in [-0.1, -0.05) is 24.3 Å². The molecular formula is C21H23N3O. The molecule has 128 valence electrons. The minimum atomic E-state index is -0.469. The Morgan fingerprint density at radius 3 is 2.88 bits per heavy atom. The molecule has 0 bridgehead atoms. The van der Waals surface area contributed by atoms with Gasteiger partial charge in [0.15, 0.2) is 0 Å². The molecule has 1 atom stereocenters. The number of aryl methyl sites for hydroxylation is 2. The summed E-state index contributed by atoms with van der Waals surface area (Å²) in [7, 11) is 0. The Hall–Kier alpha value is -2.62. The van der Waals surface area contributed by atoms with Crippen molar-refractivity contribution in [2.24, 2.45) is 5.41 Å². The maximum Gasteiger partial charge on any atom is 0.238 e. The van der Waals surface area contributed by atoms with Crippen LogP contribution in [0.4, 0.5) is 0 Å². The van der Waals surface area contributed by atoms with E-state index in [1.54, 1.807) is 6.33 Å². The second-order valence-corrected chi connectivity index (χ2v) is 7.15. The summed E-state index contributed by atoms with van der Waals surface area (Å²) in [6, 6.07) is 8.20. The number of nitrogens with one attached hydrogen (secondary N) is 1. The molecule has 3 heterocycles. The molecule has 1 aliphatic rings. The molecule has 0 aliphatic carbocycles. The summed E-state index contributed by atoms with van der Waals surface area (Å²) in [5, 5.41) is 1.18. The van der Waals surface area contributed by atoms with Crippen LogP contribution in [0.2, 0.25) is 0 Å². The maximum absolute atomic E-state index is 13.7. The second kappa shape index (κ2) is 5.73. The van der Waals surface area contributed by atoms with Gasteiger partial charge in [0.05, 0.1) is 23.0 Å². The van der Waals surface area contributed by atoms with E-state index >= 15 is 0 Å². The van der Waals surface area contributed by atoms with E-state index in [1.807, 2.05) is 35.8 Å². The number of nitrogens with zero attached hydrogens (tertiary/aromatic N) is 2. The molecule has 0 fully saturated rings. The van der Waals surface area contributed by atoms with Crippen molar-refractivity contribution in [2.45, 2.75) is 39.5 Å². The molecule has 2 aromatic heterocycles. The normalized spacial score (nSPS) is 20.0. The van der Waals surface area contributed by atoms with Crippen molar-refractivity contribution in [3.63, 3.8) is 0 Å². The summed E-state index contributed by atoms with van der Waals surface area (Å²) < 4.78 is 1.96. The Labute approximate surface area is 147 Å². The minimum absolute atomic E-state index is 0.181. The summed E-state index contributed by atoms with van der Waals surface area (Å²) in [5.74, 6) is 0.181. The first kappa shape index (κ1) is 15.9. The number of hydrogen-bond acceptors (Lipinski definition) is 2. The third-order valence-electron chi connectivity index (χ3n) is 5.72. The first-order valence-corrected chi connectivity index (χ1v) is 8.81. The number of carbonyl (C=O) groups excluding carboxylic acids is 1. The Morgan fingerprint density at radius 2 is 2.16 bits per heavy atom. The number of aromatic amines is 1. The quantitative estimate of drug-likeness (QED) is 0.721. The minimum Gasteiger partial charge on any atom is -0.348 e. The van der Waals surface area contributed by atoms with E-state index in [2.05, 4.69) is 29.5 Å². The summed E-state index contributed by atoms with van der Waals surface area (Å²) in [5.41, 5.74) is 4.95. The molecule has 0 saturated heterocycles. The highest BCUT2D eigenvalue weighted by Gasteiger charge is 2.43. The van der Waals surface area contributed by atoms with Crippen molar-refractivity contribution in [3.05, 3.63) is 65.9 Å². The molecule has 0 radical (unpaired) electrons. The van der Waals surface area contributed by atoms with Crippen molar-refractivity contribution in [1.29, 1.82) is 0 Å². The van der Waals surface area contributed by atoms with Crippen LogP contribution in [-0.2, 0) is 12.8 Å². The fourth-order valence-corrected chi connectivity index (χ4v) is 4.28. The predicted molar refractivity (Wildman–Crippen MR) is 99.9 cm³/mol. The largest absolute Gasteiger partial charge is 0.348 e. The maximum atomic E-state index is 13.7. The van der Waals surface area contributed by atoms with Crippen LogP contribution in [-0.4, -0.2) is 20.4 Å². The fraction of sp³-hybridized carbons (Fsp3) is 0.333. The van der Waals surface area contributed by atoms with Gasteiger partial charge in [-0.05, 0) is 44.7 Å². The first-order valence-electron chi connectivity index (χ1n) is 8.81. The van der Waals surface area contributed by atoms with Crippen molar-refractivity contribution >= 4 is 16.8 Å². The Kier molecular flexibility index (Phi) is 3.64. The van der Waals surface area contributed by atoms with E-state index in [4.69, 9.17) is 0 Å². The zero-order chi connectivity index (χ0) is 17.6. The summed E-state index contributed by atoms with van der Waals surface area (Å²) in [6.45, 7) is 8.06. The molecule has 1 aliphatic heterocycles. The molecule has 1 aromatic carbocycles. The van der Waals surface area contributed by atoms with Crippen LogP contribution in [0.25, 0.3) is 10.9 Å². The van der Waals surface area contributed by atoms with Crippen molar-refractivity contribution in [2.75, 3.05) is 0 Å². The van der Waals surface area contributed by atoms with E-state index in [9.17, 15) is 4.79 Å². The number of allylic oxidation sites excluding steroid dienone is 1. The van der Waals surface area contributed by atoms with Crippen molar-refractivity contribution in [1.82, 2.24) is 14.5 Å². The standard InChI is InChI=1S/C21H23N3O/c1-4-10-21(12-17-15(3)22-13-23-17)11-9-18-14(2)16-7-5-6-8-19(16)24(18)20(21)25/h4-8,13H,1,9-12H2,2-3H3,(H,22,23). The Balaban J connectivity index is 1.87. The van der Waals surface area contributed by atoms with Gasteiger partial charge in [0.2, 0.25) is 5.91 Å². The van der Waals surface area contributed by atoms with E-state index in [1.165, 1.54) is 10.9 Å². The molecule has 0 amide bonds. The summed E-state index contributed by atoms with van der Waals surface area (Å²) in [4.78, 5) is 21.2. The number of fused-ring (bicyclic) bond motifs is 3. The highest BCUT2D eigenvalue weighted by molar-refractivity contribution is 5.99. The highest BCUT2D eigenvalue weighted by Crippen LogP contribution is 2.42. The molecule has 4 nitrogen and oxygen atoms in total. The van der Waals surface area contributed by atoms with Gasteiger partial charge >= 0.3 is 0 Å². The average molecular weight is 333 g/mol. The smallest absolute Gasteiger partial charge is 0.238 e. The third-order valence-corrected chi connectivity index (χ3v) is 5.72. The van der Waals surface area contributed by atoms with Gasteiger partial charge in [0.1, 0.15) is 0 Å². The van der Waals surface area contributed by atoms with Crippen LogP contribution in [0.1, 0.15) is 40.3 Å². The number of aromatic nitrogens is 3. The van der Waals surface area contributed by atoms with Crippen molar-refractivity contribution in [3.8, 4) is 0 Å². The zero-order valence-corrected chi connectivity index (χ0v) is 14.8.